The molecule has 2 rings (SSSR count). The summed E-state index contributed by atoms with van der Waals surface area (Å²) in [5.41, 5.74) is -0.451. The van der Waals surface area contributed by atoms with Crippen LogP contribution in [0.4, 0.5) is 10.5 Å². The molecule has 11 heteroatoms. The van der Waals surface area contributed by atoms with Crippen LogP contribution < -0.4 is 15.4 Å². The molecule has 0 aromatic heterocycles. The summed E-state index contributed by atoms with van der Waals surface area (Å²) in [5.74, 6) is -1.39. The maximum absolute atomic E-state index is 13.4. The number of amides is 3. The van der Waals surface area contributed by atoms with E-state index >= 15 is 0 Å². The van der Waals surface area contributed by atoms with Crippen molar-refractivity contribution in [2.45, 2.75) is 38.5 Å². The number of hydrogen-bond donors (Lipinski definition) is 4. The van der Waals surface area contributed by atoms with Gasteiger partial charge in [0.05, 0.1) is 19.8 Å². The zero-order valence-corrected chi connectivity index (χ0v) is 20.5. The summed E-state index contributed by atoms with van der Waals surface area (Å²) < 4.78 is 10.2. The van der Waals surface area contributed by atoms with Crippen LogP contribution in [0.25, 0.3) is 0 Å². The normalized spacial score (nSPS) is 12.4. The Bertz CT molecular complexity index is 1110. The van der Waals surface area contributed by atoms with Crippen LogP contribution in [0.1, 0.15) is 32.4 Å². The van der Waals surface area contributed by atoms with Gasteiger partial charge < -0.3 is 35.2 Å². The smallest absolute Gasteiger partial charge is 0.408 e. The van der Waals surface area contributed by atoms with Gasteiger partial charge in [0.1, 0.15) is 35.7 Å². The maximum atomic E-state index is 13.4. The first-order valence-electron chi connectivity index (χ1n) is 11.0. The minimum absolute atomic E-state index is 0.0427. The second kappa shape index (κ2) is 12.4. The molecule has 0 heterocycles. The van der Waals surface area contributed by atoms with Crippen LogP contribution in [-0.4, -0.2) is 64.9 Å². The van der Waals surface area contributed by atoms with E-state index in [4.69, 9.17) is 9.47 Å². The van der Waals surface area contributed by atoms with Gasteiger partial charge >= 0.3 is 6.09 Å². The van der Waals surface area contributed by atoms with E-state index in [1.165, 1.54) is 25.3 Å². The standard InChI is InChI=1S/C25H30N4O7/c1-25(2,3)36-24(34)28-19(15-30)23(33)29(14-13-26)21(18-7-5-6-8-20(18)31)22(32)27-16-9-11-17(35-4)12-10-16/h5-12,19,21,30-31H,14-15H2,1-4H3,(H,27,32)(H,28,34). The number of aliphatic hydroxyl groups is 1. The number of aliphatic hydroxyl groups excluding tert-OH is 1. The van der Waals surface area contributed by atoms with E-state index in [0.717, 1.165) is 4.90 Å². The lowest BCUT2D eigenvalue weighted by Gasteiger charge is -2.32. The monoisotopic (exact) mass is 498 g/mol. The van der Waals surface area contributed by atoms with Gasteiger partial charge in [-0.25, -0.2) is 4.79 Å². The fraction of sp³-hybridized carbons (Fsp3) is 0.360. The molecule has 36 heavy (non-hydrogen) atoms. The van der Waals surface area contributed by atoms with E-state index in [1.54, 1.807) is 51.1 Å². The first kappa shape index (κ1) is 27.9. The molecule has 0 bridgehead atoms. The van der Waals surface area contributed by atoms with Crippen LogP contribution >= 0.6 is 0 Å². The fourth-order valence-electron chi connectivity index (χ4n) is 3.26. The Morgan fingerprint density at radius 1 is 1.11 bits per heavy atom. The van der Waals surface area contributed by atoms with Crippen molar-refractivity contribution in [3.8, 4) is 17.6 Å². The first-order chi connectivity index (χ1) is 17.0. The van der Waals surface area contributed by atoms with Crippen molar-refractivity contribution >= 4 is 23.6 Å². The lowest BCUT2D eigenvalue weighted by Crippen LogP contribution is -2.54. The predicted molar refractivity (Wildman–Crippen MR) is 130 cm³/mol. The number of ether oxygens (including phenoxy) is 2. The van der Waals surface area contributed by atoms with Crippen LogP contribution in [0.5, 0.6) is 11.5 Å². The number of nitrogens with zero attached hydrogens (tertiary/aromatic N) is 2. The number of alkyl carbamates (subject to hydrolysis) is 1. The number of anilines is 1. The van der Waals surface area contributed by atoms with Crippen LogP contribution in [0.3, 0.4) is 0 Å². The Morgan fingerprint density at radius 3 is 2.28 bits per heavy atom. The lowest BCUT2D eigenvalue weighted by atomic mass is 10.0. The van der Waals surface area contributed by atoms with Crippen LogP contribution in [0, 0.1) is 11.3 Å². The third-order valence-corrected chi connectivity index (χ3v) is 4.84. The molecule has 0 aliphatic carbocycles. The van der Waals surface area contributed by atoms with E-state index < -0.39 is 48.7 Å². The third-order valence-electron chi connectivity index (χ3n) is 4.84. The number of para-hydroxylation sites is 1. The van der Waals surface area contributed by atoms with Crippen LogP contribution in [0.2, 0.25) is 0 Å². The fourth-order valence-corrected chi connectivity index (χ4v) is 3.26. The van der Waals surface area contributed by atoms with Gasteiger partial charge in [-0.2, -0.15) is 5.26 Å². The summed E-state index contributed by atoms with van der Waals surface area (Å²) in [4.78, 5) is 39.9. The van der Waals surface area contributed by atoms with Crippen LogP contribution in [-0.2, 0) is 14.3 Å². The topological polar surface area (TPSA) is 161 Å². The number of methoxy groups -OCH3 is 1. The first-order valence-corrected chi connectivity index (χ1v) is 11.0. The summed E-state index contributed by atoms with van der Waals surface area (Å²) in [5, 5.41) is 34.7. The summed E-state index contributed by atoms with van der Waals surface area (Å²) in [6.45, 7) is 3.47. The molecule has 0 saturated carbocycles. The SMILES string of the molecule is COc1ccc(NC(=O)C(c2ccccc2O)N(CC#N)C(=O)C(CO)NC(=O)OC(C)(C)C)cc1. The zero-order chi connectivity index (χ0) is 26.9. The van der Waals surface area contributed by atoms with Crippen molar-refractivity contribution in [1.29, 1.82) is 5.26 Å². The van der Waals surface area contributed by atoms with E-state index in [9.17, 15) is 29.9 Å². The number of hydrogen-bond acceptors (Lipinski definition) is 8. The molecule has 2 unspecified atom stereocenters. The Balaban J connectivity index is 2.44. The number of phenolic OH excluding ortho intramolecular Hbond substituents is 1. The molecule has 0 saturated heterocycles. The number of aromatic hydroxyl groups is 1. The number of carbonyl (C=O) groups excluding carboxylic acids is 3. The molecular formula is C25H30N4O7. The van der Waals surface area contributed by atoms with Gasteiger partial charge in [0.2, 0.25) is 5.91 Å². The molecule has 0 spiro atoms. The van der Waals surface area contributed by atoms with Gasteiger partial charge in [-0.3, -0.25) is 9.59 Å². The molecule has 192 valence electrons. The number of nitrogens with one attached hydrogen (secondary N) is 2. The Morgan fingerprint density at radius 2 is 1.75 bits per heavy atom. The second-order valence-corrected chi connectivity index (χ2v) is 8.68. The summed E-state index contributed by atoms with van der Waals surface area (Å²) in [7, 11) is 1.50. The molecule has 2 aromatic carbocycles. The molecule has 0 aliphatic heterocycles. The number of benzene rings is 2. The van der Waals surface area contributed by atoms with Crippen molar-refractivity contribution < 1.29 is 34.1 Å². The molecule has 0 aliphatic rings. The summed E-state index contributed by atoms with van der Waals surface area (Å²) >= 11 is 0. The van der Waals surface area contributed by atoms with Crippen molar-refractivity contribution in [3.63, 3.8) is 0 Å². The zero-order valence-electron chi connectivity index (χ0n) is 20.5. The lowest BCUT2D eigenvalue weighted by molar-refractivity contribution is -0.140. The van der Waals surface area contributed by atoms with Crippen molar-refractivity contribution in [2.75, 3.05) is 25.6 Å². The van der Waals surface area contributed by atoms with Crippen molar-refractivity contribution in [2.24, 2.45) is 0 Å². The highest BCUT2D eigenvalue weighted by molar-refractivity contribution is 5.99. The molecule has 4 N–H and O–H groups in total. The van der Waals surface area contributed by atoms with E-state index in [2.05, 4.69) is 10.6 Å². The highest BCUT2D eigenvalue weighted by Gasteiger charge is 2.37. The average Bonchev–Trinajstić information content (AvgIpc) is 2.82. The predicted octanol–water partition coefficient (Wildman–Crippen LogP) is 2.32. The second-order valence-electron chi connectivity index (χ2n) is 8.68. The minimum atomic E-state index is -1.52. The minimum Gasteiger partial charge on any atom is -0.508 e. The maximum Gasteiger partial charge on any atom is 0.408 e. The highest BCUT2D eigenvalue weighted by Crippen LogP contribution is 2.30. The Hall–Kier alpha value is -4.30. The van der Waals surface area contributed by atoms with E-state index in [0.29, 0.717) is 11.4 Å². The van der Waals surface area contributed by atoms with E-state index in [-0.39, 0.29) is 11.3 Å². The number of carbonyl (C=O) groups is 3. The summed E-state index contributed by atoms with van der Waals surface area (Å²) in [6, 6.07) is 11.1. The van der Waals surface area contributed by atoms with E-state index in [1.807, 2.05) is 6.07 Å². The average molecular weight is 499 g/mol. The number of rotatable bonds is 9. The third kappa shape index (κ3) is 7.61. The quantitative estimate of drug-likeness (QED) is 0.383. The van der Waals surface area contributed by atoms with Gasteiger partial charge in [-0.05, 0) is 51.1 Å². The van der Waals surface area contributed by atoms with Gasteiger partial charge in [-0.15, -0.1) is 0 Å². The molecule has 0 fully saturated rings. The number of phenols is 1. The largest absolute Gasteiger partial charge is 0.508 e. The molecular weight excluding hydrogens is 468 g/mol. The van der Waals surface area contributed by atoms with Gasteiger partial charge in [-0.1, -0.05) is 18.2 Å². The highest BCUT2D eigenvalue weighted by atomic mass is 16.6. The molecule has 11 nitrogen and oxygen atoms in total. The molecule has 0 radical (unpaired) electrons. The Labute approximate surface area is 209 Å². The van der Waals surface area contributed by atoms with Gasteiger partial charge in [0.25, 0.3) is 5.91 Å². The number of nitriles is 1. The molecule has 2 atom stereocenters. The van der Waals surface area contributed by atoms with Gasteiger partial charge in [0, 0.05) is 11.3 Å². The van der Waals surface area contributed by atoms with Crippen molar-refractivity contribution in [3.05, 3.63) is 54.1 Å². The summed E-state index contributed by atoms with van der Waals surface area (Å²) in [6.07, 6.45) is -0.964. The van der Waals surface area contributed by atoms with Gasteiger partial charge in [0.15, 0.2) is 0 Å². The Kier molecular flexibility index (Phi) is 9.64. The molecule has 3 amide bonds. The van der Waals surface area contributed by atoms with Crippen molar-refractivity contribution in [1.82, 2.24) is 10.2 Å². The van der Waals surface area contributed by atoms with Crippen LogP contribution in [0.15, 0.2) is 48.5 Å². The molecule has 2 aromatic rings.